The first-order valence-electron chi connectivity index (χ1n) is 5.79. The topological polar surface area (TPSA) is 69.7 Å². The fraction of sp³-hybridized carbons (Fsp3) is 0.417. The molecule has 1 fully saturated rings. The molecule has 0 spiro atoms. The number of hydrogen-bond donors (Lipinski definition) is 2. The van der Waals surface area contributed by atoms with E-state index in [0.717, 1.165) is 10.6 Å². The number of likely N-dealkylation sites (tertiary alicyclic amines) is 1. The lowest BCUT2D eigenvalue weighted by atomic mass is 10.3. The number of rotatable bonds is 3. The molecule has 5 nitrogen and oxygen atoms in total. The third-order valence-electron chi connectivity index (χ3n) is 3.00. The van der Waals surface area contributed by atoms with E-state index in [1.165, 1.54) is 0 Å². The molecule has 2 atom stereocenters. The summed E-state index contributed by atoms with van der Waals surface area (Å²) in [5, 5.41) is 20.9. The minimum atomic E-state index is -0.659. The molecule has 2 N–H and O–H groups in total. The average Bonchev–Trinajstić information content (AvgIpc) is 3.02. The number of hydrogen-bond acceptors (Lipinski definition) is 6. The Morgan fingerprint density at radius 1 is 1.39 bits per heavy atom. The first kappa shape index (κ1) is 11.9. The Hall–Kier alpha value is -1.21. The monoisotopic (exact) mass is 266 g/mol. The molecule has 6 heteroatoms. The van der Waals surface area contributed by atoms with Crippen molar-refractivity contribution in [1.29, 1.82) is 0 Å². The van der Waals surface area contributed by atoms with Gasteiger partial charge < -0.3 is 14.6 Å². The zero-order valence-corrected chi connectivity index (χ0v) is 10.5. The molecule has 0 radical (unpaired) electrons. The molecule has 2 unspecified atom stereocenters. The summed E-state index contributed by atoms with van der Waals surface area (Å²) in [6.45, 7) is 1.54. The molecule has 96 valence electrons. The number of oxazole rings is 1. The molecule has 0 aliphatic carbocycles. The molecule has 0 saturated carbocycles. The van der Waals surface area contributed by atoms with Crippen molar-refractivity contribution in [2.75, 3.05) is 13.1 Å². The van der Waals surface area contributed by atoms with Crippen molar-refractivity contribution in [3.8, 4) is 10.8 Å². The van der Waals surface area contributed by atoms with Crippen molar-refractivity contribution in [3.63, 3.8) is 0 Å². The Morgan fingerprint density at radius 2 is 2.17 bits per heavy atom. The molecule has 18 heavy (non-hydrogen) atoms. The lowest BCUT2D eigenvalue weighted by Crippen LogP contribution is -2.22. The molecule has 0 amide bonds. The van der Waals surface area contributed by atoms with E-state index >= 15 is 0 Å². The summed E-state index contributed by atoms with van der Waals surface area (Å²) in [6, 6.07) is 3.92. The maximum Gasteiger partial charge on any atom is 0.236 e. The number of aliphatic hydroxyl groups is 2. The second-order valence-corrected chi connectivity index (χ2v) is 5.40. The van der Waals surface area contributed by atoms with Gasteiger partial charge in [0.2, 0.25) is 5.89 Å². The van der Waals surface area contributed by atoms with Crippen molar-refractivity contribution in [1.82, 2.24) is 9.88 Å². The highest BCUT2D eigenvalue weighted by Crippen LogP contribution is 2.24. The van der Waals surface area contributed by atoms with Gasteiger partial charge >= 0.3 is 0 Å². The second kappa shape index (κ2) is 4.81. The summed E-state index contributed by atoms with van der Waals surface area (Å²) in [5.41, 5.74) is 0.819. The van der Waals surface area contributed by atoms with Gasteiger partial charge in [0, 0.05) is 19.6 Å². The average molecular weight is 266 g/mol. The van der Waals surface area contributed by atoms with Crippen molar-refractivity contribution >= 4 is 11.3 Å². The van der Waals surface area contributed by atoms with Gasteiger partial charge in [-0.05, 0) is 11.4 Å². The van der Waals surface area contributed by atoms with E-state index in [-0.39, 0.29) is 0 Å². The van der Waals surface area contributed by atoms with Crippen LogP contribution in [0.3, 0.4) is 0 Å². The third kappa shape index (κ3) is 2.32. The molecule has 1 saturated heterocycles. The summed E-state index contributed by atoms with van der Waals surface area (Å²) in [4.78, 5) is 7.37. The van der Waals surface area contributed by atoms with Crippen LogP contribution >= 0.6 is 11.3 Å². The first-order valence-corrected chi connectivity index (χ1v) is 6.67. The van der Waals surface area contributed by atoms with Crippen LogP contribution < -0.4 is 0 Å². The Kier molecular flexibility index (Phi) is 3.17. The number of nitrogens with zero attached hydrogens (tertiary/aromatic N) is 2. The normalized spacial score (nSPS) is 24.8. The fourth-order valence-corrected chi connectivity index (χ4v) is 2.75. The molecule has 0 bridgehead atoms. The van der Waals surface area contributed by atoms with E-state index in [1.54, 1.807) is 17.6 Å². The van der Waals surface area contributed by atoms with Crippen molar-refractivity contribution < 1.29 is 14.6 Å². The Morgan fingerprint density at radius 3 is 2.83 bits per heavy atom. The van der Waals surface area contributed by atoms with Gasteiger partial charge in [0.15, 0.2) is 0 Å². The van der Waals surface area contributed by atoms with E-state index < -0.39 is 12.2 Å². The quantitative estimate of drug-likeness (QED) is 0.865. The Bertz CT molecular complexity index is 501. The van der Waals surface area contributed by atoms with Crippen LogP contribution in [0, 0.1) is 0 Å². The van der Waals surface area contributed by atoms with Gasteiger partial charge in [-0.15, -0.1) is 11.3 Å². The first-order chi connectivity index (χ1) is 8.72. The standard InChI is InChI=1S/C12H14N2O3S/c15-9-5-14(6-10(9)16)4-8-7-17-12(13-8)11-2-1-3-18-11/h1-3,7,9-10,15-16H,4-6H2. The highest BCUT2D eigenvalue weighted by atomic mass is 32.1. The third-order valence-corrected chi connectivity index (χ3v) is 3.86. The number of β-amino-alcohol motifs (C(OH)–C–C–N with tert-alkyl or cyclic N) is 2. The summed E-state index contributed by atoms with van der Waals surface area (Å²) < 4.78 is 5.42. The van der Waals surface area contributed by atoms with E-state index in [2.05, 4.69) is 4.98 Å². The molecular formula is C12H14N2O3S. The minimum absolute atomic E-state index is 0.475. The zero-order chi connectivity index (χ0) is 12.5. The molecule has 0 aromatic carbocycles. The van der Waals surface area contributed by atoms with Gasteiger partial charge in [0.25, 0.3) is 0 Å². The Balaban J connectivity index is 1.68. The van der Waals surface area contributed by atoms with Gasteiger partial charge in [-0.1, -0.05) is 6.07 Å². The predicted octanol–water partition coefficient (Wildman–Crippen LogP) is 0.940. The van der Waals surface area contributed by atoms with Gasteiger partial charge in [0.1, 0.15) is 6.26 Å². The molecule has 3 heterocycles. The van der Waals surface area contributed by atoms with Crippen LogP contribution in [0.4, 0.5) is 0 Å². The summed E-state index contributed by atoms with van der Waals surface area (Å²) >= 11 is 1.58. The second-order valence-electron chi connectivity index (χ2n) is 4.45. The molecule has 1 aliphatic heterocycles. The van der Waals surface area contributed by atoms with Crippen molar-refractivity contribution in [3.05, 3.63) is 29.5 Å². The molecule has 2 aromatic heterocycles. The van der Waals surface area contributed by atoms with Crippen LogP contribution in [0.15, 0.2) is 28.2 Å². The summed E-state index contributed by atoms with van der Waals surface area (Å²) in [5.74, 6) is 0.625. The van der Waals surface area contributed by atoms with Crippen LogP contribution in [-0.4, -0.2) is 45.4 Å². The summed E-state index contributed by atoms with van der Waals surface area (Å²) in [6.07, 6.45) is 0.314. The van der Waals surface area contributed by atoms with Crippen LogP contribution in [0.25, 0.3) is 10.8 Å². The number of aromatic nitrogens is 1. The fourth-order valence-electron chi connectivity index (χ4n) is 2.10. The molecule has 3 rings (SSSR count). The highest BCUT2D eigenvalue weighted by Gasteiger charge is 2.29. The van der Waals surface area contributed by atoms with Crippen LogP contribution in [-0.2, 0) is 6.54 Å². The van der Waals surface area contributed by atoms with Crippen LogP contribution in [0.1, 0.15) is 5.69 Å². The minimum Gasteiger partial charge on any atom is -0.444 e. The Labute approximate surface area is 108 Å². The van der Waals surface area contributed by atoms with Crippen molar-refractivity contribution in [2.24, 2.45) is 0 Å². The van der Waals surface area contributed by atoms with E-state index in [1.807, 2.05) is 22.4 Å². The SMILES string of the molecule is OC1CN(Cc2coc(-c3cccs3)n2)CC1O. The van der Waals surface area contributed by atoms with Crippen molar-refractivity contribution in [2.45, 2.75) is 18.8 Å². The maximum atomic E-state index is 9.47. The van der Waals surface area contributed by atoms with Gasteiger partial charge in [-0.3, -0.25) is 4.90 Å². The van der Waals surface area contributed by atoms with Gasteiger partial charge in [0.05, 0.1) is 22.8 Å². The molecular weight excluding hydrogens is 252 g/mol. The van der Waals surface area contributed by atoms with Gasteiger partial charge in [-0.25, -0.2) is 4.98 Å². The largest absolute Gasteiger partial charge is 0.444 e. The number of aliphatic hydroxyl groups excluding tert-OH is 2. The lowest BCUT2D eigenvalue weighted by molar-refractivity contribution is 0.0572. The lowest BCUT2D eigenvalue weighted by Gasteiger charge is -2.11. The van der Waals surface area contributed by atoms with Gasteiger partial charge in [-0.2, -0.15) is 0 Å². The maximum absolute atomic E-state index is 9.47. The van der Waals surface area contributed by atoms with Crippen LogP contribution in [0.2, 0.25) is 0 Å². The molecule has 2 aromatic rings. The number of thiophene rings is 1. The van der Waals surface area contributed by atoms with E-state index in [0.29, 0.717) is 25.5 Å². The van der Waals surface area contributed by atoms with E-state index in [4.69, 9.17) is 4.42 Å². The molecule has 1 aliphatic rings. The zero-order valence-electron chi connectivity index (χ0n) is 9.69. The highest BCUT2D eigenvalue weighted by molar-refractivity contribution is 7.13. The van der Waals surface area contributed by atoms with Crippen LogP contribution in [0.5, 0.6) is 0 Å². The summed E-state index contributed by atoms with van der Waals surface area (Å²) in [7, 11) is 0. The predicted molar refractivity (Wildman–Crippen MR) is 67.1 cm³/mol. The van der Waals surface area contributed by atoms with E-state index in [9.17, 15) is 10.2 Å². The smallest absolute Gasteiger partial charge is 0.236 e.